The fourth-order valence-electron chi connectivity index (χ4n) is 0.905. The van der Waals surface area contributed by atoms with Crippen molar-refractivity contribution >= 4 is 29.1 Å². The zero-order valence-electron chi connectivity index (χ0n) is 8.62. The van der Waals surface area contributed by atoms with Crippen molar-refractivity contribution in [2.45, 2.75) is 0 Å². The SMILES string of the molecule is CS/C(N)=N/N=C/c1ccc(C(=O)O)cc1. The number of benzene rings is 1. The minimum absolute atomic E-state index is 0.240. The summed E-state index contributed by atoms with van der Waals surface area (Å²) in [6, 6.07) is 6.31. The number of carbonyl (C=O) groups is 1. The van der Waals surface area contributed by atoms with Gasteiger partial charge < -0.3 is 10.8 Å². The van der Waals surface area contributed by atoms with Crippen molar-refractivity contribution in [3.05, 3.63) is 35.4 Å². The molecule has 1 aromatic rings. The van der Waals surface area contributed by atoms with Crippen LogP contribution in [-0.4, -0.2) is 28.7 Å². The smallest absolute Gasteiger partial charge is 0.335 e. The molecule has 0 fully saturated rings. The lowest BCUT2D eigenvalue weighted by molar-refractivity contribution is 0.0697. The second-order valence-corrected chi connectivity index (χ2v) is 3.64. The van der Waals surface area contributed by atoms with Gasteiger partial charge in [0.15, 0.2) is 5.17 Å². The minimum Gasteiger partial charge on any atom is -0.478 e. The highest BCUT2D eigenvalue weighted by Gasteiger charge is 1.99. The van der Waals surface area contributed by atoms with Crippen molar-refractivity contribution in [1.29, 1.82) is 0 Å². The van der Waals surface area contributed by atoms with Crippen molar-refractivity contribution in [2.75, 3.05) is 6.26 Å². The summed E-state index contributed by atoms with van der Waals surface area (Å²) in [7, 11) is 0. The van der Waals surface area contributed by atoms with Gasteiger partial charge in [0.2, 0.25) is 0 Å². The molecule has 0 saturated heterocycles. The number of rotatable bonds is 3. The van der Waals surface area contributed by atoms with Crippen molar-refractivity contribution in [3.8, 4) is 0 Å². The van der Waals surface area contributed by atoms with Gasteiger partial charge in [-0.25, -0.2) is 4.79 Å². The summed E-state index contributed by atoms with van der Waals surface area (Å²) in [5.74, 6) is -0.951. The molecule has 16 heavy (non-hydrogen) atoms. The summed E-state index contributed by atoms with van der Waals surface area (Å²) in [6.45, 7) is 0. The van der Waals surface area contributed by atoms with Crippen LogP contribution in [0.2, 0.25) is 0 Å². The molecule has 0 atom stereocenters. The largest absolute Gasteiger partial charge is 0.478 e. The van der Waals surface area contributed by atoms with E-state index in [1.807, 2.05) is 0 Å². The van der Waals surface area contributed by atoms with Crippen LogP contribution in [0.25, 0.3) is 0 Å². The van der Waals surface area contributed by atoms with Crippen LogP contribution in [0.3, 0.4) is 0 Å². The first-order valence-electron chi connectivity index (χ1n) is 4.37. The van der Waals surface area contributed by atoms with Gasteiger partial charge in [-0.1, -0.05) is 23.9 Å². The van der Waals surface area contributed by atoms with E-state index in [9.17, 15) is 4.79 Å². The van der Waals surface area contributed by atoms with Gasteiger partial charge >= 0.3 is 5.97 Å². The predicted octanol–water partition coefficient (Wildman–Crippen LogP) is 1.40. The summed E-state index contributed by atoms with van der Waals surface area (Å²) in [6.07, 6.45) is 3.31. The Morgan fingerprint density at radius 2 is 2.06 bits per heavy atom. The molecule has 0 saturated carbocycles. The van der Waals surface area contributed by atoms with Crippen LogP contribution >= 0.6 is 11.8 Å². The molecule has 0 aliphatic carbocycles. The van der Waals surface area contributed by atoms with E-state index < -0.39 is 5.97 Å². The molecule has 1 rings (SSSR count). The van der Waals surface area contributed by atoms with Gasteiger partial charge in [-0.3, -0.25) is 0 Å². The first kappa shape index (κ1) is 12.3. The maximum Gasteiger partial charge on any atom is 0.335 e. The Morgan fingerprint density at radius 3 is 2.56 bits per heavy atom. The van der Waals surface area contributed by atoms with E-state index in [-0.39, 0.29) is 5.56 Å². The third-order valence-electron chi connectivity index (χ3n) is 1.73. The average Bonchev–Trinajstić information content (AvgIpc) is 2.29. The number of nitrogens with two attached hydrogens (primary N) is 1. The third kappa shape index (κ3) is 3.74. The van der Waals surface area contributed by atoms with E-state index in [0.717, 1.165) is 5.56 Å². The van der Waals surface area contributed by atoms with Gasteiger partial charge in [0.25, 0.3) is 0 Å². The number of hydrogen-bond donors (Lipinski definition) is 2. The molecule has 0 aromatic heterocycles. The van der Waals surface area contributed by atoms with E-state index in [1.54, 1.807) is 18.4 Å². The number of carboxylic acids is 1. The number of carboxylic acid groups (broad SMARTS) is 1. The van der Waals surface area contributed by atoms with Crippen LogP contribution in [0, 0.1) is 0 Å². The summed E-state index contributed by atoms with van der Waals surface area (Å²) >= 11 is 1.30. The number of hydrogen-bond acceptors (Lipinski definition) is 4. The maximum absolute atomic E-state index is 10.6. The first-order chi connectivity index (χ1) is 7.63. The van der Waals surface area contributed by atoms with Gasteiger partial charge in [0.1, 0.15) is 0 Å². The van der Waals surface area contributed by atoms with Crippen LogP contribution in [0.5, 0.6) is 0 Å². The van der Waals surface area contributed by atoms with E-state index in [4.69, 9.17) is 10.8 Å². The van der Waals surface area contributed by atoms with E-state index >= 15 is 0 Å². The van der Waals surface area contributed by atoms with Crippen molar-refractivity contribution in [3.63, 3.8) is 0 Å². The number of nitrogens with zero attached hydrogens (tertiary/aromatic N) is 2. The molecular weight excluding hydrogens is 226 g/mol. The lowest BCUT2D eigenvalue weighted by Crippen LogP contribution is -2.03. The van der Waals surface area contributed by atoms with Crippen LogP contribution in [0.4, 0.5) is 0 Å². The number of amidine groups is 1. The van der Waals surface area contributed by atoms with E-state index in [1.165, 1.54) is 30.1 Å². The Labute approximate surface area is 97.1 Å². The Bertz CT molecular complexity index is 426. The first-order valence-corrected chi connectivity index (χ1v) is 5.60. The zero-order chi connectivity index (χ0) is 12.0. The average molecular weight is 237 g/mol. The fraction of sp³-hybridized carbons (Fsp3) is 0.100. The Kier molecular flexibility index (Phi) is 4.53. The topological polar surface area (TPSA) is 88.0 Å². The van der Waals surface area contributed by atoms with Gasteiger partial charge in [-0.15, -0.1) is 5.10 Å². The summed E-state index contributed by atoms with van der Waals surface area (Å²) in [4.78, 5) is 10.6. The molecule has 0 bridgehead atoms. The minimum atomic E-state index is -0.951. The number of thioether (sulfide) groups is 1. The normalized spacial score (nSPS) is 11.9. The molecule has 0 radical (unpaired) electrons. The van der Waals surface area contributed by atoms with Gasteiger partial charge in [-0.2, -0.15) is 5.10 Å². The van der Waals surface area contributed by atoms with Crippen LogP contribution in [0.1, 0.15) is 15.9 Å². The lowest BCUT2D eigenvalue weighted by atomic mass is 10.1. The Balaban J connectivity index is 2.72. The van der Waals surface area contributed by atoms with Crippen molar-refractivity contribution < 1.29 is 9.90 Å². The maximum atomic E-state index is 10.6. The van der Waals surface area contributed by atoms with Crippen molar-refractivity contribution in [2.24, 2.45) is 15.9 Å². The van der Waals surface area contributed by atoms with Crippen LogP contribution in [0.15, 0.2) is 34.5 Å². The van der Waals surface area contributed by atoms with Gasteiger partial charge in [-0.05, 0) is 24.0 Å². The lowest BCUT2D eigenvalue weighted by Gasteiger charge is -1.94. The Hall–Kier alpha value is -1.82. The molecule has 0 heterocycles. The quantitative estimate of drug-likeness (QED) is 0.472. The molecule has 3 N–H and O–H groups in total. The third-order valence-corrected chi connectivity index (χ3v) is 2.23. The summed E-state index contributed by atoms with van der Waals surface area (Å²) < 4.78 is 0. The highest BCUT2D eigenvalue weighted by Crippen LogP contribution is 2.02. The zero-order valence-corrected chi connectivity index (χ0v) is 9.44. The highest BCUT2D eigenvalue weighted by atomic mass is 32.2. The molecule has 1 aromatic carbocycles. The molecule has 0 amide bonds. The molecule has 0 aliphatic rings. The summed E-state index contributed by atoms with van der Waals surface area (Å²) in [5.41, 5.74) is 6.43. The van der Waals surface area contributed by atoms with Crippen molar-refractivity contribution in [1.82, 2.24) is 0 Å². The fourth-order valence-corrected chi connectivity index (χ4v) is 1.03. The second-order valence-electron chi connectivity index (χ2n) is 2.81. The highest BCUT2D eigenvalue weighted by molar-refractivity contribution is 8.13. The molecule has 84 valence electrons. The molecule has 5 nitrogen and oxygen atoms in total. The monoisotopic (exact) mass is 237 g/mol. The predicted molar refractivity (Wildman–Crippen MR) is 66.1 cm³/mol. The standard InChI is InChI=1S/C10H11N3O2S/c1-16-10(11)13-12-6-7-2-4-8(5-3-7)9(14)15/h2-6H,1H3,(H2,11,13)(H,14,15)/b12-6+. The van der Waals surface area contributed by atoms with E-state index in [0.29, 0.717) is 5.17 Å². The summed E-state index contributed by atoms with van der Waals surface area (Å²) in [5, 5.41) is 16.5. The molecular formula is C10H11N3O2S. The van der Waals surface area contributed by atoms with Crippen LogP contribution in [-0.2, 0) is 0 Å². The molecule has 0 aliphatic heterocycles. The molecule has 6 heteroatoms. The Morgan fingerprint density at radius 1 is 1.44 bits per heavy atom. The number of aromatic carboxylic acids is 1. The van der Waals surface area contributed by atoms with Crippen LogP contribution < -0.4 is 5.73 Å². The van der Waals surface area contributed by atoms with Gasteiger partial charge in [0.05, 0.1) is 11.8 Å². The second kappa shape index (κ2) is 5.92. The molecule has 0 unspecified atom stereocenters. The molecule has 0 spiro atoms. The van der Waals surface area contributed by atoms with E-state index in [2.05, 4.69) is 10.2 Å². The van der Waals surface area contributed by atoms with Gasteiger partial charge in [0, 0.05) is 0 Å².